The zero-order valence-corrected chi connectivity index (χ0v) is 14.0. The van der Waals surface area contributed by atoms with Gasteiger partial charge in [-0.15, -0.1) is 0 Å². The number of fused-ring (bicyclic) bond motifs is 2. The lowest BCUT2D eigenvalue weighted by molar-refractivity contribution is -0.130. The molecule has 25 heavy (non-hydrogen) atoms. The number of hydrogen-bond acceptors (Lipinski definition) is 5. The quantitative estimate of drug-likeness (QED) is 0.837. The molecule has 0 fully saturated rings. The molecule has 2 heterocycles. The third-order valence-corrected chi connectivity index (χ3v) is 4.35. The molecule has 2 aromatic rings. The summed E-state index contributed by atoms with van der Waals surface area (Å²) in [4.78, 5) is 14.1. The van der Waals surface area contributed by atoms with Gasteiger partial charge in [-0.25, -0.2) is 0 Å². The smallest absolute Gasteiger partial charge is 0.231 e. The number of ether oxygens (including phenoxy) is 4. The van der Waals surface area contributed by atoms with E-state index in [0.717, 1.165) is 34.1 Å². The largest absolute Gasteiger partial charge is 0.454 e. The summed E-state index contributed by atoms with van der Waals surface area (Å²) in [6, 6.07) is 11.5. The highest BCUT2D eigenvalue weighted by atomic mass is 16.7. The van der Waals surface area contributed by atoms with Crippen molar-refractivity contribution in [2.75, 3.05) is 20.6 Å². The number of carbonyl (C=O) groups is 1. The van der Waals surface area contributed by atoms with E-state index in [1.807, 2.05) is 43.4 Å². The number of amides is 1. The van der Waals surface area contributed by atoms with E-state index in [1.165, 1.54) is 0 Å². The normalized spacial score (nSPS) is 13.8. The fourth-order valence-corrected chi connectivity index (χ4v) is 2.94. The Labute approximate surface area is 145 Å². The molecule has 6 heteroatoms. The molecule has 0 bridgehead atoms. The second-order valence-corrected chi connectivity index (χ2v) is 6.13. The minimum Gasteiger partial charge on any atom is -0.454 e. The van der Waals surface area contributed by atoms with Crippen molar-refractivity contribution in [2.45, 2.75) is 19.4 Å². The van der Waals surface area contributed by atoms with E-state index in [0.29, 0.717) is 19.4 Å². The molecule has 0 spiro atoms. The minimum absolute atomic E-state index is 0.0929. The zero-order chi connectivity index (χ0) is 17.2. The van der Waals surface area contributed by atoms with Gasteiger partial charge in [0, 0.05) is 20.0 Å². The predicted octanol–water partition coefficient (Wildman–Crippen LogP) is 2.74. The molecule has 6 nitrogen and oxygen atoms in total. The first kappa shape index (κ1) is 15.6. The Kier molecular flexibility index (Phi) is 4.09. The molecule has 4 rings (SSSR count). The lowest BCUT2D eigenvalue weighted by atomic mass is 10.1. The fraction of sp³-hybridized carbons (Fsp3) is 0.316. The van der Waals surface area contributed by atoms with Crippen LogP contribution in [-0.2, 0) is 17.8 Å². The summed E-state index contributed by atoms with van der Waals surface area (Å²) in [7, 11) is 1.81. The van der Waals surface area contributed by atoms with E-state index in [9.17, 15) is 4.79 Å². The van der Waals surface area contributed by atoms with Crippen LogP contribution in [0.3, 0.4) is 0 Å². The van der Waals surface area contributed by atoms with Crippen LogP contribution in [0.25, 0.3) is 0 Å². The summed E-state index contributed by atoms with van der Waals surface area (Å²) < 4.78 is 21.3. The van der Waals surface area contributed by atoms with Gasteiger partial charge in [0.2, 0.25) is 19.5 Å². The van der Waals surface area contributed by atoms with Crippen LogP contribution >= 0.6 is 0 Å². The molecule has 0 unspecified atom stereocenters. The third kappa shape index (κ3) is 3.33. The van der Waals surface area contributed by atoms with Crippen LogP contribution in [0.5, 0.6) is 23.0 Å². The van der Waals surface area contributed by atoms with Crippen molar-refractivity contribution in [1.82, 2.24) is 4.90 Å². The summed E-state index contributed by atoms with van der Waals surface area (Å²) in [5.41, 5.74) is 2.08. The Hall–Kier alpha value is -2.89. The van der Waals surface area contributed by atoms with Crippen LogP contribution < -0.4 is 18.9 Å². The fourth-order valence-electron chi connectivity index (χ4n) is 2.94. The summed E-state index contributed by atoms with van der Waals surface area (Å²) >= 11 is 0. The molecule has 0 N–H and O–H groups in total. The lowest BCUT2D eigenvalue weighted by Gasteiger charge is -2.17. The van der Waals surface area contributed by atoms with Crippen molar-refractivity contribution in [3.63, 3.8) is 0 Å². The standard InChI is InChI=1S/C19H19NO5/c1-20(10-14-3-6-16-18(9-14)25-12-23-16)19(21)7-4-13-2-5-15-17(8-13)24-11-22-15/h2-3,5-6,8-9H,4,7,10-12H2,1H3. The Morgan fingerprint density at radius 2 is 1.44 bits per heavy atom. The molecule has 2 aliphatic rings. The summed E-state index contributed by atoms with van der Waals surface area (Å²) in [5, 5.41) is 0. The van der Waals surface area contributed by atoms with E-state index in [1.54, 1.807) is 4.90 Å². The van der Waals surface area contributed by atoms with Crippen LogP contribution in [0.1, 0.15) is 17.5 Å². The molecule has 2 aliphatic heterocycles. The topological polar surface area (TPSA) is 57.2 Å². The van der Waals surface area contributed by atoms with Crippen LogP contribution in [0.15, 0.2) is 36.4 Å². The maximum absolute atomic E-state index is 12.4. The highest BCUT2D eigenvalue weighted by molar-refractivity contribution is 5.76. The van der Waals surface area contributed by atoms with Crippen molar-refractivity contribution in [2.24, 2.45) is 0 Å². The van der Waals surface area contributed by atoms with Gasteiger partial charge in [0.25, 0.3) is 0 Å². The first-order valence-electron chi connectivity index (χ1n) is 8.20. The van der Waals surface area contributed by atoms with Gasteiger partial charge in [0.15, 0.2) is 23.0 Å². The number of aryl methyl sites for hydroxylation is 1. The van der Waals surface area contributed by atoms with Gasteiger partial charge in [-0.1, -0.05) is 12.1 Å². The molecular formula is C19H19NO5. The van der Waals surface area contributed by atoms with Crippen LogP contribution in [0.2, 0.25) is 0 Å². The van der Waals surface area contributed by atoms with E-state index >= 15 is 0 Å². The van der Waals surface area contributed by atoms with E-state index in [2.05, 4.69) is 0 Å². The molecule has 2 aromatic carbocycles. The molecular weight excluding hydrogens is 322 g/mol. The SMILES string of the molecule is CN(Cc1ccc2c(c1)OCO2)C(=O)CCc1ccc2c(c1)OCO2. The van der Waals surface area contributed by atoms with Gasteiger partial charge >= 0.3 is 0 Å². The molecule has 0 saturated carbocycles. The van der Waals surface area contributed by atoms with E-state index in [4.69, 9.17) is 18.9 Å². The Morgan fingerprint density at radius 1 is 0.880 bits per heavy atom. The van der Waals surface area contributed by atoms with E-state index < -0.39 is 0 Å². The van der Waals surface area contributed by atoms with Crippen molar-refractivity contribution in [3.8, 4) is 23.0 Å². The maximum Gasteiger partial charge on any atom is 0.231 e. The third-order valence-electron chi connectivity index (χ3n) is 4.35. The second kappa shape index (κ2) is 6.55. The average molecular weight is 341 g/mol. The molecule has 0 radical (unpaired) electrons. The van der Waals surface area contributed by atoms with Crippen molar-refractivity contribution in [3.05, 3.63) is 47.5 Å². The minimum atomic E-state index is 0.0929. The van der Waals surface area contributed by atoms with Crippen LogP contribution in [0.4, 0.5) is 0 Å². The van der Waals surface area contributed by atoms with Gasteiger partial charge in [-0.3, -0.25) is 4.79 Å². The summed E-state index contributed by atoms with van der Waals surface area (Å²) in [6.07, 6.45) is 1.11. The average Bonchev–Trinajstić information content (AvgIpc) is 3.27. The maximum atomic E-state index is 12.4. The molecule has 0 aliphatic carbocycles. The van der Waals surface area contributed by atoms with Gasteiger partial charge < -0.3 is 23.8 Å². The Bertz CT molecular complexity index is 804. The van der Waals surface area contributed by atoms with Crippen molar-refractivity contribution in [1.29, 1.82) is 0 Å². The summed E-state index contributed by atoms with van der Waals surface area (Å²) in [6.45, 7) is 1.05. The zero-order valence-electron chi connectivity index (χ0n) is 14.0. The van der Waals surface area contributed by atoms with Gasteiger partial charge in [0.1, 0.15) is 0 Å². The highest BCUT2D eigenvalue weighted by Gasteiger charge is 2.17. The first-order chi connectivity index (χ1) is 12.2. The Balaban J connectivity index is 1.33. The highest BCUT2D eigenvalue weighted by Crippen LogP contribution is 2.33. The van der Waals surface area contributed by atoms with Crippen LogP contribution in [0, 0.1) is 0 Å². The predicted molar refractivity (Wildman–Crippen MR) is 89.9 cm³/mol. The number of hydrogen-bond donors (Lipinski definition) is 0. The summed E-state index contributed by atoms with van der Waals surface area (Å²) in [5.74, 6) is 3.09. The van der Waals surface area contributed by atoms with Gasteiger partial charge in [-0.05, 0) is 41.8 Å². The van der Waals surface area contributed by atoms with Gasteiger partial charge in [-0.2, -0.15) is 0 Å². The number of benzene rings is 2. The monoisotopic (exact) mass is 341 g/mol. The lowest BCUT2D eigenvalue weighted by Crippen LogP contribution is -2.26. The van der Waals surface area contributed by atoms with Crippen molar-refractivity contribution >= 4 is 5.91 Å². The van der Waals surface area contributed by atoms with Crippen LogP contribution in [-0.4, -0.2) is 31.4 Å². The molecule has 1 amide bonds. The van der Waals surface area contributed by atoms with Crippen molar-refractivity contribution < 1.29 is 23.7 Å². The molecule has 130 valence electrons. The van der Waals surface area contributed by atoms with Gasteiger partial charge in [0.05, 0.1) is 0 Å². The number of nitrogens with zero attached hydrogens (tertiary/aromatic N) is 1. The molecule has 0 saturated heterocycles. The van der Waals surface area contributed by atoms with E-state index in [-0.39, 0.29) is 19.5 Å². The second-order valence-electron chi connectivity index (χ2n) is 6.13. The number of carbonyl (C=O) groups excluding carboxylic acids is 1. The number of rotatable bonds is 5. The Morgan fingerprint density at radius 3 is 2.12 bits per heavy atom. The first-order valence-corrected chi connectivity index (χ1v) is 8.20. The molecule has 0 aromatic heterocycles. The molecule has 0 atom stereocenters.